The van der Waals surface area contributed by atoms with Gasteiger partial charge >= 0.3 is 11.9 Å². The zero-order valence-electron chi connectivity index (χ0n) is 10.2. The Morgan fingerprint density at radius 3 is 2.61 bits per heavy atom. The number of alkyl halides is 2. The lowest BCUT2D eigenvalue weighted by molar-refractivity contribution is -0.177. The van der Waals surface area contributed by atoms with Crippen molar-refractivity contribution < 1.29 is 18.3 Å². The summed E-state index contributed by atoms with van der Waals surface area (Å²) in [6.07, 6.45) is 2.89. The fourth-order valence-electron chi connectivity index (χ4n) is 3.46. The Bertz CT molecular complexity index is 364. The van der Waals surface area contributed by atoms with E-state index in [1.54, 1.807) is 0 Å². The Labute approximate surface area is 114 Å². The smallest absolute Gasteiger partial charge is 0.377 e. The van der Waals surface area contributed by atoms with Gasteiger partial charge in [-0.15, -0.1) is 23.5 Å². The first-order valence-electron chi connectivity index (χ1n) is 6.30. The summed E-state index contributed by atoms with van der Waals surface area (Å²) in [7, 11) is 0. The third-order valence-corrected chi connectivity index (χ3v) is 8.01. The van der Waals surface area contributed by atoms with Crippen LogP contribution >= 0.6 is 23.5 Å². The number of esters is 1. The Morgan fingerprint density at radius 2 is 2.00 bits per heavy atom. The van der Waals surface area contributed by atoms with E-state index in [-0.39, 0.29) is 10.2 Å². The molecule has 1 saturated heterocycles. The number of halogens is 2. The fraction of sp³-hybridized carbons (Fsp3) is 0.917. The molecule has 102 valence electrons. The van der Waals surface area contributed by atoms with Crippen LogP contribution in [0.3, 0.4) is 0 Å². The van der Waals surface area contributed by atoms with Crippen LogP contribution in [0.4, 0.5) is 8.78 Å². The number of hydrogen-bond acceptors (Lipinski definition) is 4. The molecule has 0 N–H and O–H groups in total. The van der Waals surface area contributed by atoms with Gasteiger partial charge in [-0.1, -0.05) is 0 Å². The molecule has 3 unspecified atom stereocenters. The zero-order chi connectivity index (χ0) is 13.0. The normalized spacial score (nSPS) is 37.4. The minimum absolute atomic E-state index is 0.121. The predicted molar refractivity (Wildman–Crippen MR) is 69.0 cm³/mol. The second-order valence-electron chi connectivity index (χ2n) is 5.40. The van der Waals surface area contributed by atoms with Crippen LogP contribution in [0.1, 0.15) is 26.2 Å². The van der Waals surface area contributed by atoms with Crippen LogP contribution in [0.15, 0.2) is 0 Å². The average Bonchev–Trinajstić information content (AvgIpc) is 2.97. The number of fused-ring (bicyclic) bond motifs is 3. The molecule has 6 heteroatoms. The molecule has 0 amide bonds. The van der Waals surface area contributed by atoms with E-state index in [4.69, 9.17) is 4.74 Å². The summed E-state index contributed by atoms with van der Waals surface area (Å²) in [6.45, 7) is 0.615. The van der Waals surface area contributed by atoms with Gasteiger partial charge in [-0.2, -0.15) is 8.78 Å². The molecule has 0 aromatic carbocycles. The second kappa shape index (κ2) is 4.27. The lowest BCUT2D eigenvalue weighted by atomic mass is 9.96. The first kappa shape index (κ1) is 13.0. The monoisotopic (exact) mass is 294 g/mol. The summed E-state index contributed by atoms with van der Waals surface area (Å²) in [5, 5.41) is 0. The number of carbonyl (C=O) groups is 1. The lowest BCUT2D eigenvalue weighted by Gasteiger charge is -2.39. The van der Waals surface area contributed by atoms with Gasteiger partial charge in [0.25, 0.3) is 0 Å². The van der Waals surface area contributed by atoms with Crippen molar-refractivity contribution in [3.05, 3.63) is 0 Å². The first-order valence-corrected chi connectivity index (χ1v) is 8.27. The maximum Gasteiger partial charge on any atom is 0.377 e. The third-order valence-electron chi connectivity index (χ3n) is 4.20. The standard InChI is InChI=1S/C12H16F2O2S2/c1-11(13,14)10(15)16-9-7-2-3-8(6-7)12(9)17-4-5-18-12/h7-9H,2-6H2,1H3. The molecule has 1 spiro atoms. The van der Waals surface area contributed by atoms with Gasteiger partial charge in [-0.05, 0) is 31.1 Å². The van der Waals surface area contributed by atoms with Crippen LogP contribution in [0, 0.1) is 11.8 Å². The molecular formula is C12H16F2O2S2. The van der Waals surface area contributed by atoms with E-state index in [0.29, 0.717) is 18.8 Å². The van der Waals surface area contributed by atoms with Crippen LogP contribution in [-0.4, -0.2) is 33.6 Å². The highest BCUT2D eigenvalue weighted by molar-refractivity contribution is 8.21. The lowest BCUT2D eigenvalue weighted by Crippen LogP contribution is -2.45. The van der Waals surface area contributed by atoms with E-state index in [0.717, 1.165) is 30.8 Å². The largest absolute Gasteiger partial charge is 0.455 e. The average molecular weight is 294 g/mol. The van der Waals surface area contributed by atoms with E-state index in [2.05, 4.69) is 0 Å². The topological polar surface area (TPSA) is 26.3 Å². The Kier molecular flexibility index (Phi) is 3.09. The van der Waals surface area contributed by atoms with Crippen LogP contribution in [0.5, 0.6) is 0 Å². The van der Waals surface area contributed by atoms with Gasteiger partial charge in [-0.3, -0.25) is 0 Å². The van der Waals surface area contributed by atoms with Crippen LogP contribution in [0.25, 0.3) is 0 Å². The molecular weight excluding hydrogens is 278 g/mol. The predicted octanol–water partition coefficient (Wildman–Crippen LogP) is 3.16. The Hall–Kier alpha value is 0.0300. The molecule has 3 aliphatic rings. The summed E-state index contributed by atoms with van der Waals surface area (Å²) in [6, 6.07) is 0. The molecule has 0 aromatic rings. The van der Waals surface area contributed by atoms with Crippen molar-refractivity contribution in [2.45, 2.75) is 42.3 Å². The molecule has 1 aliphatic heterocycles. The van der Waals surface area contributed by atoms with Crippen molar-refractivity contribution in [3.63, 3.8) is 0 Å². The highest BCUT2D eigenvalue weighted by Gasteiger charge is 2.63. The molecule has 2 nitrogen and oxygen atoms in total. The highest BCUT2D eigenvalue weighted by Crippen LogP contribution is 2.65. The molecule has 2 bridgehead atoms. The van der Waals surface area contributed by atoms with Gasteiger partial charge in [-0.25, -0.2) is 4.79 Å². The Balaban J connectivity index is 1.80. The SMILES string of the molecule is CC(F)(F)C(=O)OC1C2CCC(C2)C12SCCS2. The van der Waals surface area contributed by atoms with Gasteiger partial charge in [0, 0.05) is 18.4 Å². The fourth-order valence-corrected chi connectivity index (χ4v) is 7.31. The van der Waals surface area contributed by atoms with Gasteiger partial charge in [0.15, 0.2) is 0 Å². The Morgan fingerprint density at radius 1 is 1.33 bits per heavy atom. The zero-order valence-corrected chi connectivity index (χ0v) is 11.8. The van der Waals surface area contributed by atoms with E-state index in [1.165, 1.54) is 0 Å². The summed E-state index contributed by atoms with van der Waals surface area (Å²) in [5.41, 5.74) is 0. The number of ether oxygens (including phenoxy) is 1. The van der Waals surface area contributed by atoms with E-state index in [9.17, 15) is 13.6 Å². The van der Waals surface area contributed by atoms with Crippen LogP contribution in [0.2, 0.25) is 0 Å². The number of rotatable bonds is 2. The molecule has 3 atom stereocenters. The van der Waals surface area contributed by atoms with Crippen LogP contribution < -0.4 is 0 Å². The molecule has 18 heavy (non-hydrogen) atoms. The molecule has 0 radical (unpaired) electrons. The molecule has 0 aromatic heterocycles. The summed E-state index contributed by atoms with van der Waals surface area (Å²) in [4.78, 5) is 11.4. The minimum atomic E-state index is -3.38. The summed E-state index contributed by atoms with van der Waals surface area (Å²) < 4.78 is 31.1. The molecule has 2 saturated carbocycles. The van der Waals surface area contributed by atoms with E-state index < -0.39 is 11.9 Å². The van der Waals surface area contributed by atoms with Gasteiger partial charge < -0.3 is 4.74 Å². The summed E-state index contributed by atoms with van der Waals surface area (Å²) >= 11 is 3.63. The maximum absolute atomic E-state index is 13.0. The molecule has 3 fully saturated rings. The van der Waals surface area contributed by atoms with E-state index >= 15 is 0 Å². The highest BCUT2D eigenvalue weighted by atomic mass is 32.2. The molecule has 2 aliphatic carbocycles. The van der Waals surface area contributed by atoms with Gasteiger partial charge in [0.1, 0.15) is 10.2 Å². The molecule has 3 rings (SSSR count). The number of hydrogen-bond donors (Lipinski definition) is 0. The van der Waals surface area contributed by atoms with Crippen molar-refractivity contribution >= 4 is 29.5 Å². The van der Waals surface area contributed by atoms with Gasteiger partial charge in [0.2, 0.25) is 0 Å². The first-order chi connectivity index (χ1) is 8.43. The van der Waals surface area contributed by atoms with Crippen molar-refractivity contribution in [2.24, 2.45) is 11.8 Å². The number of carbonyl (C=O) groups excluding carboxylic acids is 1. The minimum Gasteiger partial charge on any atom is -0.455 e. The second-order valence-corrected chi connectivity index (χ2v) is 8.41. The third kappa shape index (κ3) is 1.87. The van der Waals surface area contributed by atoms with Gasteiger partial charge in [0.05, 0.1) is 0 Å². The van der Waals surface area contributed by atoms with Crippen LogP contribution in [-0.2, 0) is 9.53 Å². The molecule has 1 heterocycles. The van der Waals surface area contributed by atoms with Crippen molar-refractivity contribution in [1.29, 1.82) is 0 Å². The van der Waals surface area contributed by atoms with Crippen molar-refractivity contribution in [1.82, 2.24) is 0 Å². The maximum atomic E-state index is 13.0. The quantitative estimate of drug-likeness (QED) is 0.731. The van der Waals surface area contributed by atoms with E-state index in [1.807, 2.05) is 23.5 Å². The van der Waals surface area contributed by atoms with Crippen molar-refractivity contribution in [2.75, 3.05) is 11.5 Å². The summed E-state index contributed by atoms with van der Waals surface area (Å²) in [5.74, 6) is -1.85. The number of thioether (sulfide) groups is 2. The van der Waals surface area contributed by atoms with Crippen molar-refractivity contribution in [3.8, 4) is 0 Å².